The molecule has 0 unspecified atom stereocenters. The molecule has 0 saturated heterocycles. The number of carbonyl (C=O) groups is 1. The number of benzene rings is 1. The zero-order valence-electron chi connectivity index (χ0n) is 12.2. The molecule has 1 amide bonds. The van der Waals surface area contributed by atoms with E-state index >= 15 is 0 Å². The second-order valence-corrected chi connectivity index (χ2v) is 5.93. The molecule has 1 fully saturated rings. The molecular formula is C17H18F2N2O. The van der Waals surface area contributed by atoms with Crippen molar-refractivity contribution in [3.63, 3.8) is 0 Å². The van der Waals surface area contributed by atoms with E-state index in [0.29, 0.717) is 18.4 Å². The van der Waals surface area contributed by atoms with E-state index < -0.39 is 11.8 Å². The standard InChI is InChI=1S/C17H18F2N2O/c1-11(16(20)22)12-2-3-15-13(10-12)6-9-21(15)14-4-7-17(18,19)8-5-14/h2-3,6,9-10,14H,1,4-5,7-8H2,(H2,20,22). The number of aromatic nitrogens is 1. The number of rotatable bonds is 3. The summed E-state index contributed by atoms with van der Waals surface area (Å²) in [6.07, 6.45) is 2.76. The first kappa shape index (κ1) is 14.8. The fourth-order valence-corrected chi connectivity index (χ4v) is 3.12. The summed E-state index contributed by atoms with van der Waals surface area (Å²) in [5.74, 6) is -3.07. The maximum atomic E-state index is 13.3. The summed E-state index contributed by atoms with van der Waals surface area (Å²) in [5, 5.41) is 0.956. The molecule has 2 aromatic rings. The van der Waals surface area contributed by atoms with E-state index in [1.54, 1.807) is 6.07 Å². The molecule has 0 spiro atoms. The van der Waals surface area contributed by atoms with Crippen LogP contribution in [0.4, 0.5) is 8.78 Å². The van der Waals surface area contributed by atoms with Crippen molar-refractivity contribution < 1.29 is 13.6 Å². The van der Waals surface area contributed by atoms with Gasteiger partial charge in [0.2, 0.25) is 11.8 Å². The van der Waals surface area contributed by atoms with Gasteiger partial charge in [-0.05, 0) is 36.6 Å². The predicted octanol–water partition coefficient (Wildman–Crippen LogP) is 3.89. The van der Waals surface area contributed by atoms with Crippen LogP contribution in [0.15, 0.2) is 37.0 Å². The van der Waals surface area contributed by atoms with Crippen molar-refractivity contribution in [3.8, 4) is 0 Å². The monoisotopic (exact) mass is 304 g/mol. The van der Waals surface area contributed by atoms with Gasteiger partial charge in [-0.2, -0.15) is 0 Å². The van der Waals surface area contributed by atoms with Gasteiger partial charge >= 0.3 is 0 Å². The SMILES string of the molecule is C=C(C(N)=O)c1ccc2c(ccn2C2CCC(F)(F)CC2)c1. The summed E-state index contributed by atoms with van der Waals surface area (Å²) in [6.45, 7) is 3.68. The van der Waals surface area contributed by atoms with Crippen LogP contribution < -0.4 is 5.73 Å². The first-order valence-electron chi connectivity index (χ1n) is 7.35. The lowest BCUT2D eigenvalue weighted by atomic mass is 9.92. The highest BCUT2D eigenvalue weighted by Gasteiger charge is 2.35. The van der Waals surface area contributed by atoms with Gasteiger partial charge in [-0.25, -0.2) is 8.78 Å². The Bertz CT molecular complexity index is 738. The molecule has 3 rings (SSSR count). The second-order valence-electron chi connectivity index (χ2n) is 5.93. The summed E-state index contributed by atoms with van der Waals surface area (Å²) < 4.78 is 28.6. The molecule has 0 aliphatic heterocycles. The van der Waals surface area contributed by atoms with Crippen molar-refractivity contribution in [3.05, 3.63) is 42.6 Å². The van der Waals surface area contributed by atoms with Crippen LogP contribution in [0.25, 0.3) is 16.5 Å². The van der Waals surface area contributed by atoms with Crippen molar-refractivity contribution in [2.75, 3.05) is 0 Å². The second kappa shape index (κ2) is 5.23. The third-order valence-corrected chi connectivity index (χ3v) is 4.45. The van der Waals surface area contributed by atoms with Gasteiger partial charge in [0.1, 0.15) is 0 Å². The molecule has 0 atom stereocenters. The maximum absolute atomic E-state index is 13.3. The number of nitrogens with two attached hydrogens (primary N) is 1. The fraction of sp³-hybridized carbons (Fsp3) is 0.353. The topological polar surface area (TPSA) is 48.0 Å². The lowest BCUT2D eigenvalue weighted by Crippen LogP contribution is -2.26. The number of hydrogen-bond donors (Lipinski definition) is 1. The molecule has 1 heterocycles. The van der Waals surface area contributed by atoms with Gasteiger partial charge in [0.15, 0.2) is 0 Å². The van der Waals surface area contributed by atoms with Crippen molar-refractivity contribution in [1.82, 2.24) is 4.57 Å². The number of halogens is 2. The lowest BCUT2D eigenvalue weighted by molar-refractivity contribution is -0.112. The largest absolute Gasteiger partial charge is 0.366 e. The van der Waals surface area contributed by atoms with E-state index in [4.69, 9.17) is 5.73 Å². The van der Waals surface area contributed by atoms with Crippen molar-refractivity contribution >= 4 is 22.4 Å². The average Bonchev–Trinajstić information content (AvgIpc) is 2.89. The molecule has 1 aliphatic rings. The number of alkyl halides is 2. The molecule has 5 heteroatoms. The zero-order chi connectivity index (χ0) is 15.9. The fourth-order valence-electron chi connectivity index (χ4n) is 3.12. The normalized spacial score (nSPS) is 18.5. The minimum atomic E-state index is -2.52. The highest BCUT2D eigenvalue weighted by molar-refractivity contribution is 6.18. The first-order valence-corrected chi connectivity index (χ1v) is 7.35. The number of amides is 1. The average molecular weight is 304 g/mol. The maximum Gasteiger partial charge on any atom is 0.248 e. The molecule has 2 N–H and O–H groups in total. The molecular weight excluding hydrogens is 286 g/mol. The summed E-state index contributed by atoms with van der Waals surface area (Å²) in [4.78, 5) is 11.2. The van der Waals surface area contributed by atoms with E-state index in [2.05, 4.69) is 11.1 Å². The smallest absolute Gasteiger partial charge is 0.248 e. The molecule has 1 aromatic carbocycles. The van der Waals surface area contributed by atoms with Crippen LogP contribution in [0.1, 0.15) is 37.3 Å². The molecule has 3 nitrogen and oxygen atoms in total. The summed E-state index contributed by atoms with van der Waals surface area (Å²) in [5.41, 5.74) is 7.19. The lowest BCUT2D eigenvalue weighted by Gasteiger charge is -2.29. The quantitative estimate of drug-likeness (QED) is 0.859. The molecule has 1 aromatic heterocycles. The molecule has 0 bridgehead atoms. The van der Waals surface area contributed by atoms with Crippen LogP contribution in [0.5, 0.6) is 0 Å². The predicted molar refractivity (Wildman–Crippen MR) is 82.6 cm³/mol. The van der Waals surface area contributed by atoms with Crippen LogP contribution in [0.2, 0.25) is 0 Å². The molecule has 0 radical (unpaired) electrons. The summed E-state index contributed by atoms with van der Waals surface area (Å²) >= 11 is 0. The minimum absolute atomic E-state index is 0.0616. The first-order chi connectivity index (χ1) is 10.4. The Balaban J connectivity index is 1.90. The number of nitrogens with zero attached hydrogens (tertiary/aromatic N) is 1. The van der Waals surface area contributed by atoms with Gasteiger partial charge < -0.3 is 10.3 Å². The van der Waals surface area contributed by atoms with Gasteiger partial charge in [-0.3, -0.25) is 4.79 Å². The molecule has 22 heavy (non-hydrogen) atoms. The Labute approximate surface area is 127 Å². The van der Waals surface area contributed by atoms with Crippen molar-refractivity contribution in [1.29, 1.82) is 0 Å². The Hall–Kier alpha value is -2.17. The van der Waals surface area contributed by atoms with Crippen LogP contribution in [0, 0.1) is 0 Å². The van der Waals surface area contributed by atoms with Crippen LogP contribution in [-0.2, 0) is 4.79 Å². The van der Waals surface area contributed by atoms with E-state index in [9.17, 15) is 13.6 Å². The molecule has 1 aliphatic carbocycles. The molecule has 116 valence electrons. The number of carbonyl (C=O) groups excluding carboxylic acids is 1. The third-order valence-electron chi connectivity index (χ3n) is 4.45. The zero-order valence-corrected chi connectivity index (χ0v) is 12.2. The third kappa shape index (κ3) is 2.63. The summed E-state index contributed by atoms with van der Waals surface area (Å²) in [7, 11) is 0. The van der Waals surface area contributed by atoms with E-state index in [-0.39, 0.29) is 24.5 Å². The van der Waals surface area contributed by atoms with E-state index in [1.165, 1.54) is 0 Å². The van der Waals surface area contributed by atoms with Gasteiger partial charge in [0.25, 0.3) is 0 Å². The Morgan fingerprint density at radius 1 is 1.27 bits per heavy atom. The van der Waals surface area contributed by atoms with Gasteiger partial charge in [0.05, 0.1) is 0 Å². The van der Waals surface area contributed by atoms with Gasteiger partial charge in [0, 0.05) is 41.6 Å². The molecule has 1 saturated carbocycles. The minimum Gasteiger partial charge on any atom is -0.366 e. The van der Waals surface area contributed by atoms with Crippen LogP contribution >= 0.6 is 0 Å². The van der Waals surface area contributed by atoms with Crippen molar-refractivity contribution in [2.45, 2.75) is 37.6 Å². The van der Waals surface area contributed by atoms with Gasteiger partial charge in [-0.1, -0.05) is 12.6 Å². The number of primary amides is 1. The van der Waals surface area contributed by atoms with Crippen LogP contribution in [0.3, 0.4) is 0 Å². The Morgan fingerprint density at radius 3 is 2.59 bits per heavy atom. The highest BCUT2D eigenvalue weighted by Crippen LogP contribution is 2.39. The summed E-state index contributed by atoms with van der Waals surface area (Å²) in [6, 6.07) is 7.58. The van der Waals surface area contributed by atoms with Crippen molar-refractivity contribution in [2.24, 2.45) is 5.73 Å². The number of hydrogen-bond acceptors (Lipinski definition) is 1. The van der Waals surface area contributed by atoms with Crippen LogP contribution in [-0.4, -0.2) is 16.4 Å². The van der Waals surface area contributed by atoms with Gasteiger partial charge in [-0.15, -0.1) is 0 Å². The van der Waals surface area contributed by atoms with E-state index in [1.807, 2.05) is 24.4 Å². The Kier molecular flexibility index (Phi) is 3.51. The highest BCUT2D eigenvalue weighted by atomic mass is 19.3. The Morgan fingerprint density at radius 2 is 1.95 bits per heavy atom. The van der Waals surface area contributed by atoms with E-state index in [0.717, 1.165) is 10.9 Å². The number of fused-ring (bicyclic) bond motifs is 1.